The van der Waals surface area contributed by atoms with E-state index in [0.717, 1.165) is 5.69 Å². The van der Waals surface area contributed by atoms with Crippen LogP contribution in [-0.2, 0) is 5.75 Å². The topological polar surface area (TPSA) is 115 Å². The minimum absolute atomic E-state index is 0.0253. The van der Waals surface area contributed by atoms with Crippen molar-refractivity contribution in [1.29, 1.82) is 0 Å². The number of nitro benzene ring substituents is 1. The van der Waals surface area contributed by atoms with Gasteiger partial charge in [-0.25, -0.2) is 9.97 Å². The summed E-state index contributed by atoms with van der Waals surface area (Å²) in [6, 6.07) is 7.89. The molecule has 0 fully saturated rings. The highest BCUT2D eigenvalue weighted by molar-refractivity contribution is 7.98. The number of aromatic nitrogens is 5. The quantitative estimate of drug-likeness (QED) is 0.172. The maximum absolute atomic E-state index is 10.7. The van der Waals surface area contributed by atoms with Crippen LogP contribution in [0.5, 0.6) is 0 Å². The number of thioether (sulfide) groups is 1. The van der Waals surface area contributed by atoms with E-state index in [1.165, 1.54) is 28.6 Å². The summed E-state index contributed by atoms with van der Waals surface area (Å²) < 4.78 is 1.85. The first-order valence-corrected chi connectivity index (χ1v) is 8.80. The van der Waals surface area contributed by atoms with Crippen LogP contribution in [0.4, 0.5) is 5.69 Å². The summed E-state index contributed by atoms with van der Waals surface area (Å²) in [6.07, 6.45) is 3.26. The molecular formula is C15H13N7O2S2. The van der Waals surface area contributed by atoms with Gasteiger partial charge in [-0.2, -0.15) is 14.9 Å². The lowest BCUT2D eigenvalue weighted by Crippen LogP contribution is -1.99. The van der Waals surface area contributed by atoms with E-state index in [-0.39, 0.29) is 5.69 Å². The van der Waals surface area contributed by atoms with Gasteiger partial charge in [0.1, 0.15) is 0 Å². The van der Waals surface area contributed by atoms with Crippen molar-refractivity contribution < 1.29 is 4.92 Å². The number of hydrogen-bond acceptors (Lipinski definition) is 8. The van der Waals surface area contributed by atoms with Gasteiger partial charge >= 0.3 is 0 Å². The number of non-ortho nitro benzene ring substituents is 1. The Kier molecular flexibility index (Phi) is 5.49. The van der Waals surface area contributed by atoms with Crippen molar-refractivity contribution in [2.45, 2.75) is 17.8 Å². The lowest BCUT2D eigenvalue weighted by atomic mass is 10.2. The summed E-state index contributed by atoms with van der Waals surface area (Å²) in [5, 5.41) is 22.5. The molecule has 26 heavy (non-hydrogen) atoms. The standard InChI is InChI=1S/C15H13N7O2S2/c1-10-6-7-16-14(18-10)26-9-13-19-20-15(25)21(13)17-8-11-2-4-12(5-3-11)22(23)24/h2-8H,9H2,1H3,(H,20,25)/b17-8+. The zero-order valence-electron chi connectivity index (χ0n) is 13.6. The van der Waals surface area contributed by atoms with Gasteiger partial charge in [-0.1, -0.05) is 11.8 Å². The highest BCUT2D eigenvalue weighted by Gasteiger charge is 2.08. The summed E-state index contributed by atoms with van der Waals surface area (Å²) in [7, 11) is 0. The van der Waals surface area contributed by atoms with Gasteiger partial charge in [0.25, 0.3) is 5.69 Å². The van der Waals surface area contributed by atoms with Crippen LogP contribution >= 0.6 is 24.0 Å². The molecule has 0 spiro atoms. The van der Waals surface area contributed by atoms with E-state index in [9.17, 15) is 10.1 Å². The van der Waals surface area contributed by atoms with Crippen molar-refractivity contribution in [1.82, 2.24) is 24.8 Å². The molecule has 3 aromatic rings. The smallest absolute Gasteiger partial charge is 0.258 e. The normalized spacial score (nSPS) is 11.1. The van der Waals surface area contributed by atoms with Gasteiger partial charge < -0.3 is 0 Å². The van der Waals surface area contributed by atoms with Crippen molar-refractivity contribution in [3.8, 4) is 0 Å². The van der Waals surface area contributed by atoms with Crippen LogP contribution in [0.25, 0.3) is 0 Å². The third-order valence-electron chi connectivity index (χ3n) is 3.25. The summed E-state index contributed by atoms with van der Waals surface area (Å²) in [6.45, 7) is 1.90. The molecule has 3 rings (SSSR count). The highest BCUT2D eigenvalue weighted by Crippen LogP contribution is 2.18. The highest BCUT2D eigenvalue weighted by atomic mass is 32.2. The van der Waals surface area contributed by atoms with Crippen LogP contribution in [0, 0.1) is 21.8 Å². The van der Waals surface area contributed by atoms with Gasteiger partial charge in [0.15, 0.2) is 11.0 Å². The van der Waals surface area contributed by atoms with Crippen molar-refractivity contribution in [2.24, 2.45) is 5.10 Å². The molecule has 0 bridgehead atoms. The fraction of sp³-hybridized carbons (Fsp3) is 0.133. The number of aryl methyl sites for hydroxylation is 1. The average Bonchev–Trinajstić information content (AvgIpc) is 2.98. The molecule has 0 radical (unpaired) electrons. The monoisotopic (exact) mass is 387 g/mol. The van der Waals surface area contributed by atoms with Crippen LogP contribution in [0.3, 0.4) is 0 Å². The third-order valence-corrected chi connectivity index (χ3v) is 4.37. The fourth-order valence-corrected chi connectivity index (χ4v) is 2.95. The first-order chi connectivity index (χ1) is 12.5. The summed E-state index contributed by atoms with van der Waals surface area (Å²) in [5.41, 5.74) is 1.62. The SMILES string of the molecule is Cc1ccnc(SCc2n[nH]c(=S)n2/N=C/c2ccc([N+](=O)[O-])cc2)n1. The molecule has 2 heterocycles. The number of nitro groups is 1. The number of hydrogen-bond donors (Lipinski definition) is 1. The Labute approximate surface area is 157 Å². The summed E-state index contributed by atoms with van der Waals surface area (Å²) in [5.74, 6) is 1.09. The third kappa shape index (κ3) is 4.37. The lowest BCUT2D eigenvalue weighted by Gasteiger charge is -2.01. The van der Waals surface area contributed by atoms with Crippen molar-refractivity contribution in [3.63, 3.8) is 0 Å². The maximum atomic E-state index is 10.7. The number of nitrogens with one attached hydrogen (secondary N) is 1. The number of aromatic amines is 1. The number of H-pyrrole nitrogens is 1. The molecule has 11 heteroatoms. The average molecular weight is 387 g/mol. The van der Waals surface area contributed by atoms with E-state index < -0.39 is 4.92 Å². The second-order valence-corrected chi connectivity index (χ2v) is 6.45. The maximum Gasteiger partial charge on any atom is 0.269 e. The predicted octanol–water partition coefficient (Wildman–Crippen LogP) is 3.12. The number of nitrogens with zero attached hydrogens (tertiary/aromatic N) is 6. The zero-order chi connectivity index (χ0) is 18.5. The molecule has 0 atom stereocenters. The molecule has 0 saturated carbocycles. The van der Waals surface area contributed by atoms with E-state index in [2.05, 4.69) is 25.3 Å². The minimum atomic E-state index is -0.449. The molecule has 1 aromatic carbocycles. The molecule has 132 valence electrons. The van der Waals surface area contributed by atoms with Crippen molar-refractivity contribution >= 4 is 35.9 Å². The molecular weight excluding hydrogens is 374 g/mol. The van der Waals surface area contributed by atoms with E-state index in [4.69, 9.17) is 12.2 Å². The first-order valence-electron chi connectivity index (χ1n) is 7.40. The number of rotatable bonds is 6. The van der Waals surface area contributed by atoms with Gasteiger partial charge in [-0.05, 0) is 42.9 Å². The van der Waals surface area contributed by atoms with Crippen LogP contribution in [0.1, 0.15) is 17.1 Å². The Morgan fingerprint density at radius 2 is 2.15 bits per heavy atom. The van der Waals surface area contributed by atoms with Gasteiger partial charge in [0.05, 0.1) is 16.9 Å². The van der Waals surface area contributed by atoms with Gasteiger partial charge in [0.2, 0.25) is 4.77 Å². The first kappa shape index (κ1) is 17.9. The Morgan fingerprint density at radius 1 is 1.38 bits per heavy atom. The van der Waals surface area contributed by atoms with Gasteiger partial charge in [0, 0.05) is 24.0 Å². The van der Waals surface area contributed by atoms with Gasteiger partial charge in [-0.15, -0.1) is 0 Å². The van der Waals surface area contributed by atoms with Crippen molar-refractivity contribution in [2.75, 3.05) is 0 Å². The second kappa shape index (κ2) is 7.97. The van der Waals surface area contributed by atoms with E-state index in [0.29, 0.717) is 27.1 Å². The van der Waals surface area contributed by atoms with Crippen molar-refractivity contribution in [3.05, 3.63) is 68.5 Å². The lowest BCUT2D eigenvalue weighted by molar-refractivity contribution is -0.384. The molecule has 2 aromatic heterocycles. The predicted molar refractivity (Wildman–Crippen MR) is 99.8 cm³/mol. The van der Waals surface area contributed by atoms with E-state index >= 15 is 0 Å². The number of benzene rings is 1. The Bertz CT molecular complexity index is 1010. The van der Waals surface area contributed by atoms with Crippen LogP contribution in [0.15, 0.2) is 46.8 Å². The second-order valence-electron chi connectivity index (χ2n) is 5.12. The van der Waals surface area contributed by atoms with E-state index in [1.54, 1.807) is 24.5 Å². The van der Waals surface area contributed by atoms with Crippen LogP contribution in [-0.4, -0.2) is 36.0 Å². The molecule has 0 saturated heterocycles. The summed E-state index contributed by atoms with van der Waals surface area (Å²) >= 11 is 6.62. The fourth-order valence-electron chi connectivity index (χ4n) is 1.97. The Hall–Kier alpha value is -2.92. The van der Waals surface area contributed by atoms with Crippen LogP contribution < -0.4 is 0 Å². The molecule has 0 amide bonds. The minimum Gasteiger partial charge on any atom is -0.258 e. The molecule has 0 aliphatic heterocycles. The molecule has 0 unspecified atom stereocenters. The van der Waals surface area contributed by atoms with E-state index in [1.807, 2.05) is 13.0 Å². The molecule has 1 N–H and O–H groups in total. The van der Waals surface area contributed by atoms with Gasteiger partial charge in [-0.3, -0.25) is 15.2 Å². The molecule has 0 aliphatic rings. The molecule has 0 aliphatic carbocycles. The zero-order valence-corrected chi connectivity index (χ0v) is 15.2. The molecule has 9 nitrogen and oxygen atoms in total. The Morgan fingerprint density at radius 3 is 2.85 bits per heavy atom. The largest absolute Gasteiger partial charge is 0.269 e. The summed E-state index contributed by atoms with van der Waals surface area (Å²) in [4.78, 5) is 18.8. The van der Waals surface area contributed by atoms with Crippen LogP contribution in [0.2, 0.25) is 0 Å². The Balaban J connectivity index is 1.75.